The minimum Gasteiger partial charge on any atom is -0.469 e. The van der Waals surface area contributed by atoms with E-state index < -0.39 is 5.41 Å². The van der Waals surface area contributed by atoms with E-state index >= 15 is 0 Å². The van der Waals surface area contributed by atoms with Crippen LogP contribution in [0, 0.1) is 5.41 Å². The molecule has 0 unspecified atom stereocenters. The fourth-order valence-corrected chi connectivity index (χ4v) is 3.61. The molecule has 26 heavy (non-hydrogen) atoms. The first kappa shape index (κ1) is 22.8. The predicted octanol–water partition coefficient (Wildman–Crippen LogP) is 2.60. The van der Waals surface area contributed by atoms with Gasteiger partial charge in [-0.2, -0.15) is 11.8 Å². The number of esters is 1. The lowest BCUT2D eigenvalue weighted by molar-refractivity contribution is -0.140. The van der Waals surface area contributed by atoms with Crippen LogP contribution < -0.4 is 11.1 Å². The summed E-state index contributed by atoms with van der Waals surface area (Å²) in [5, 5.41) is 3.00. The lowest BCUT2D eigenvalue weighted by atomic mass is 9.79. The van der Waals surface area contributed by atoms with E-state index in [4.69, 9.17) is 10.5 Å². The molecule has 146 valence electrons. The number of carbonyl (C=O) groups excluding carboxylic acids is 2. The zero-order chi connectivity index (χ0) is 18.1. The number of hydrogen-bond acceptors (Lipinski definition) is 6. The summed E-state index contributed by atoms with van der Waals surface area (Å²) < 4.78 is 9.98. The van der Waals surface area contributed by atoms with Gasteiger partial charge in [0.1, 0.15) is 0 Å². The van der Waals surface area contributed by atoms with Crippen molar-refractivity contribution < 1.29 is 19.1 Å². The van der Waals surface area contributed by atoms with E-state index in [1.54, 1.807) is 11.8 Å². The van der Waals surface area contributed by atoms with Gasteiger partial charge in [-0.05, 0) is 30.5 Å². The van der Waals surface area contributed by atoms with Crippen molar-refractivity contribution in [3.8, 4) is 0 Å². The first-order valence-corrected chi connectivity index (χ1v) is 9.58. The molecule has 8 heteroatoms. The van der Waals surface area contributed by atoms with Crippen molar-refractivity contribution in [2.45, 2.75) is 25.0 Å². The van der Waals surface area contributed by atoms with Gasteiger partial charge in [-0.1, -0.05) is 12.1 Å². The van der Waals surface area contributed by atoms with Gasteiger partial charge in [0, 0.05) is 37.0 Å². The average molecular weight is 403 g/mol. The number of anilines is 1. The van der Waals surface area contributed by atoms with Crippen LogP contribution in [0.25, 0.3) is 0 Å². The smallest absolute Gasteiger partial charge is 0.306 e. The summed E-state index contributed by atoms with van der Waals surface area (Å²) in [6.07, 6.45) is 1.70. The highest BCUT2D eigenvalue weighted by Gasteiger charge is 2.38. The second-order valence-electron chi connectivity index (χ2n) is 6.13. The van der Waals surface area contributed by atoms with Gasteiger partial charge < -0.3 is 20.5 Å². The number of thioether (sulfide) groups is 1. The molecule has 3 N–H and O–H groups in total. The third-order valence-corrected chi connectivity index (χ3v) is 5.48. The molecule has 0 bridgehead atoms. The minimum absolute atomic E-state index is 0. The SMILES string of the molecule is COC(=O)CCSCc1cccc(NC(=O)C2(CN)CCOCC2)c1.Cl. The maximum atomic E-state index is 12.7. The summed E-state index contributed by atoms with van der Waals surface area (Å²) in [5.74, 6) is 1.25. The van der Waals surface area contributed by atoms with Crippen LogP contribution in [0.15, 0.2) is 24.3 Å². The zero-order valence-corrected chi connectivity index (χ0v) is 16.6. The molecule has 1 saturated heterocycles. The van der Waals surface area contributed by atoms with Gasteiger partial charge in [-0.3, -0.25) is 9.59 Å². The lowest BCUT2D eigenvalue weighted by Gasteiger charge is -2.34. The molecule has 1 aliphatic heterocycles. The van der Waals surface area contributed by atoms with Gasteiger partial charge in [0.2, 0.25) is 5.91 Å². The van der Waals surface area contributed by atoms with E-state index in [-0.39, 0.29) is 24.3 Å². The second-order valence-corrected chi connectivity index (χ2v) is 7.24. The monoisotopic (exact) mass is 402 g/mol. The summed E-state index contributed by atoms with van der Waals surface area (Å²) in [6, 6.07) is 7.77. The summed E-state index contributed by atoms with van der Waals surface area (Å²) >= 11 is 1.66. The number of methoxy groups -OCH3 is 1. The Balaban J connectivity index is 0.00000338. The predicted molar refractivity (Wildman–Crippen MR) is 107 cm³/mol. The van der Waals surface area contributed by atoms with E-state index in [1.807, 2.05) is 24.3 Å². The van der Waals surface area contributed by atoms with Crippen molar-refractivity contribution >= 4 is 41.7 Å². The number of hydrogen-bond donors (Lipinski definition) is 2. The number of carbonyl (C=O) groups is 2. The highest BCUT2D eigenvalue weighted by atomic mass is 35.5. The molecule has 1 fully saturated rings. The molecule has 0 spiro atoms. The van der Waals surface area contributed by atoms with E-state index in [0.717, 1.165) is 17.0 Å². The van der Waals surface area contributed by atoms with Crippen LogP contribution in [0.3, 0.4) is 0 Å². The number of nitrogens with one attached hydrogen (secondary N) is 1. The Bertz CT molecular complexity index is 594. The molecular weight excluding hydrogens is 376 g/mol. The molecule has 0 aromatic heterocycles. The Labute approximate surface area is 165 Å². The van der Waals surface area contributed by atoms with Crippen LogP contribution in [0.5, 0.6) is 0 Å². The summed E-state index contributed by atoms with van der Waals surface area (Å²) in [6.45, 7) is 1.47. The van der Waals surface area contributed by atoms with Gasteiger partial charge >= 0.3 is 5.97 Å². The zero-order valence-electron chi connectivity index (χ0n) is 15.0. The molecular formula is C18H27ClN2O4S. The maximum Gasteiger partial charge on any atom is 0.306 e. The van der Waals surface area contributed by atoms with Gasteiger partial charge in [-0.25, -0.2) is 0 Å². The van der Waals surface area contributed by atoms with E-state index in [1.165, 1.54) is 7.11 Å². The van der Waals surface area contributed by atoms with Crippen molar-refractivity contribution in [3.05, 3.63) is 29.8 Å². The largest absolute Gasteiger partial charge is 0.469 e. The first-order chi connectivity index (χ1) is 12.1. The van der Waals surface area contributed by atoms with Crippen molar-refractivity contribution in [1.29, 1.82) is 0 Å². The highest BCUT2D eigenvalue weighted by Crippen LogP contribution is 2.31. The fraction of sp³-hybridized carbons (Fsp3) is 0.556. The maximum absolute atomic E-state index is 12.7. The fourth-order valence-electron chi connectivity index (χ4n) is 2.74. The number of halogens is 1. The normalized spacial score (nSPS) is 15.6. The Kier molecular flexibility index (Phi) is 10.0. The van der Waals surface area contributed by atoms with Crippen molar-refractivity contribution in [2.75, 3.05) is 37.9 Å². The van der Waals surface area contributed by atoms with Crippen molar-refractivity contribution in [2.24, 2.45) is 11.1 Å². The van der Waals surface area contributed by atoms with Gasteiger partial charge in [0.05, 0.1) is 18.9 Å². The molecule has 0 radical (unpaired) electrons. The third-order valence-electron chi connectivity index (χ3n) is 4.45. The highest BCUT2D eigenvalue weighted by molar-refractivity contribution is 7.98. The van der Waals surface area contributed by atoms with E-state index in [0.29, 0.717) is 44.8 Å². The van der Waals surface area contributed by atoms with Crippen molar-refractivity contribution in [1.82, 2.24) is 0 Å². The molecule has 0 aliphatic carbocycles. The first-order valence-electron chi connectivity index (χ1n) is 8.42. The molecule has 1 heterocycles. The second kappa shape index (κ2) is 11.4. The van der Waals surface area contributed by atoms with Crippen LogP contribution in [-0.2, 0) is 24.8 Å². The Morgan fingerprint density at radius 2 is 2.08 bits per heavy atom. The van der Waals surface area contributed by atoms with Crippen LogP contribution in [0.1, 0.15) is 24.8 Å². The topological polar surface area (TPSA) is 90.7 Å². The molecule has 1 aromatic rings. The number of rotatable bonds is 8. The molecule has 2 rings (SSSR count). The van der Waals surface area contributed by atoms with E-state index in [9.17, 15) is 9.59 Å². The number of benzene rings is 1. The van der Waals surface area contributed by atoms with Crippen molar-refractivity contribution in [3.63, 3.8) is 0 Å². The quantitative estimate of drug-likeness (QED) is 0.513. The van der Waals surface area contributed by atoms with Gasteiger partial charge in [0.25, 0.3) is 0 Å². The number of nitrogens with two attached hydrogens (primary N) is 1. The Morgan fingerprint density at radius 3 is 2.73 bits per heavy atom. The lowest BCUT2D eigenvalue weighted by Crippen LogP contribution is -2.46. The van der Waals surface area contributed by atoms with Crippen LogP contribution in [0.2, 0.25) is 0 Å². The molecule has 0 atom stereocenters. The Hall–Kier alpha value is -1.28. The third kappa shape index (κ3) is 6.46. The summed E-state index contributed by atoms with van der Waals surface area (Å²) in [4.78, 5) is 23.8. The van der Waals surface area contributed by atoms with Gasteiger partial charge in [-0.15, -0.1) is 12.4 Å². The van der Waals surface area contributed by atoms with Gasteiger partial charge in [0.15, 0.2) is 0 Å². The molecule has 1 aromatic carbocycles. The van der Waals surface area contributed by atoms with E-state index in [2.05, 4.69) is 10.1 Å². The van der Waals surface area contributed by atoms with Crippen LogP contribution >= 0.6 is 24.2 Å². The van der Waals surface area contributed by atoms with Crippen LogP contribution in [0.4, 0.5) is 5.69 Å². The molecule has 1 aliphatic rings. The summed E-state index contributed by atoms with van der Waals surface area (Å²) in [7, 11) is 1.39. The minimum atomic E-state index is -0.538. The molecule has 0 saturated carbocycles. The molecule has 1 amide bonds. The van der Waals surface area contributed by atoms with Crippen LogP contribution in [-0.4, -0.2) is 44.5 Å². The number of ether oxygens (including phenoxy) is 2. The number of amides is 1. The summed E-state index contributed by atoms with van der Waals surface area (Å²) in [5.41, 5.74) is 7.22. The standard InChI is InChI=1S/C18H26N2O4S.ClH/c1-23-16(21)5-10-25-12-14-3-2-4-15(11-14)20-17(22)18(13-19)6-8-24-9-7-18;/h2-4,11H,5-10,12-13,19H2,1H3,(H,20,22);1H. The molecule has 6 nitrogen and oxygen atoms in total. The average Bonchev–Trinajstić information content (AvgIpc) is 2.65. The Morgan fingerprint density at radius 1 is 1.35 bits per heavy atom.